The number of rotatable bonds is 17. The van der Waals surface area contributed by atoms with Crippen LogP contribution in [0.2, 0.25) is 0 Å². The van der Waals surface area contributed by atoms with Gasteiger partial charge in [-0.2, -0.15) is 4.31 Å². The molecule has 0 aliphatic carbocycles. The van der Waals surface area contributed by atoms with E-state index in [2.05, 4.69) is 10.6 Å². The molecular formula is C37H47N5O8S. The minimum absolute atomic E-state index is 0.0267. The highest BCUT2D eigenvalue weighted by atomic mass is 32.2. The highest BCUT2D eigenvalue weighted by Crippen LogP contribution is 2.23. The maximum atomic E-state index is 14.1. The quantitative estimate of drug-likeness (QED) is 0.179. The topological polar surface area (TPSA) is 166 Å². The summed E-state index contributed by atoms with van der Waals surface area (Å²) < 4.78 is 34.0. The van der Waals surface area contributed by atoms with Crippen LogP contribution in [0.1, 0.15) is 33.3 Å². The molecule has 4 rings (SSSR count). The molecule has 1 saturated heterocycles. The molecule has 274 valence electrons. The lowest BCUT2D eigenvalue weighted by atomic mass is 9.97. The number of methoxy groups -OCH3 is 1. The van der Waals surface area contributed by atoms with Crippen LogP contribution in [0.3, 0.4) is 0 Å². The third-order valence-corrected chi connectivity index (χ3v) is 10.3. The second-order valence-corrected chi connectivity index (χ2v) is 15.2. The van der Waals surface area contributed by atoms with Gasteiger partial charge in [0.2, 0.25) is 21.8 Å². The first kappa shape index (κ1) is 39.0. The van der Waals surface area contributed by atoms with Gasteiger partial charge < -0.3 is 25.4 Å². The fourth-order valence-electron chi connectivity index (χ4n) is 5.93. The number of nitrogens with one attached hydrogen (secondary N) is 2. The second kappa shape index (κ2) is 17.4. The molecule has 51 heavy (non-hydrogen) atoms. The predicted octanol–water partition coefficient (Wildman–Crippen LogP) is 3.36. The van der Waals surface area contributed by atoms with E-state index in [-0.39, 0.29) is 30.3 Å². The molecule has 1 aliphatic heterocycles. The SMILES string of the molecule is COc1ccc(S(=O)(=O)N(CC(C)C)C[C@H](O)[C@H](Cc2ccccc2)NC(=O)[C@H](C(C)C)N2CC(=O)N(CC(=O)Nc3ccccc3)C2=O)cc1. The van der Waals surface area contributed by atoms with Crippen molar-refractivity contribution in [2.45, 2.75) is 57.2 Å². The van der Waals surface area contributed by atoms with Gasteiger partial charge in [-0.1, -0.05) is 76.2 Å². The summed E-state index contributed by atoms with van der Waals surface area (Å²) >= 11 is 0. The summed E-state index contributed by atoms with van der Waals surface area (Å²) in [5, 5.41) is 17.2. The number of urea groups is 1. The first-order valence-electron chi connectivity index (χ1n) is 16.8. The maximum absolute atomic E-state index is 14.1. The predicted molar refractivity (Wildman–Crippen MR) is 192 cm³/mol. The smallest absolute Gasteiger partial charge is 0.328 e. The lowest BCUT2D eigenvalue weighted by molar-refractivity contribution is -0.130. The number of hydrogen-bond acceptors (Lipinski definition) is 8. The van der Waals surface area contributed by atoms with Crippen molar-refractivity contribution >= 4 is 39.5 Å². The molecule has 3 atom stereocenters. The van der Waals surface area contributed by atoms with Crippen LogP contribution in [-0.2, 0) is 30.8 Å². The Bertz CT molecular complexity index is 1750. The van der Waals surface area contributed by atoms with Crippen molar-refractivity contribution in [3.8, 4) is 5.75 Å². The molecule has 0 unspecified atom stereocenters. The van der Waals surface area contributed by atoms with Crippen LogP contribution in [0, 0.1) is 11.8 Å². The van der Waals surface area contributed by atoms with Crippen LogP contribution in [0.25, 0.3) is 0 Å². The fourth-order valence-corrected chi connectivity index (χ4v) is 7.55. The van der Waals surface area contributed by atoms with E-state index >= 15 is 0 Å². The molecule has 3 aromatic carbocycles. The molecule has 0 bridgehead atoms. The number of amides is 5. The number of anilines is 1. The van der Waals surface area contributed by atoms with Gasteiger partial charge >= 0.3 is 6.03 Å². The summed E-state index contributed by atoms with van der Waals surface area (Å²) in [5.74, 6) is -1.90. The van der Waals surface area contributed by atoms with Gasteiger partial charge in [-0.25, -0.2) is 13.2 Å². The van der Waals surface area contributed by atoms with Gasteiger partial charge in [0.05, 0.1) is 24.2 Å². The van der Waals surface area contributed by atoms with Gasteiger partial charge in [0.1, 0.15) is 24.9 Å². The maximum Gasteiger partial charge on any atom is 0.328 e. The molecular weight excluding hydrogens is 675 g/mol. The molecule has 3 aromatic rings. The van der Waals surface area contributed by atoms with Gasteiger partial charge in [-0.3, -0.25) is 19.3 Å². The number of benzene rings is 3. The Morgan fingerprint density at radius 3 is 2.08 bits per heavy atom. The van der Waals surface area contributed by atoms with E-state index < -0.39 is 71.0 Å². The number of carbonyl (C=O) groups is 4. The highest BCUT2D eigenvalue weighted by molar-refractivity contribution is 7.89. The lowest BCUT2D eigenvalue weighted by Crippen LogP contribution is -2.57. The van der Waals surface area contributed by atoms with Gasteiger partial charge in [0.25, 0.3) is 5.91 Å². The van der Waals surface area contributed by atoms with Crippen molar-refractivity contribution in [1.29, 1.82) is 0 Å². The largest absolute Gasteiger partial charge is 0.497 e. The Balaban J connectivity index is 1.56. The molecule has 5 amide bonds. The average Bonchev–Trinajstić information content (AvgIpc) is 3.35. The normalized spacial score (nSPS) is 15.3. The summed E-state index contributed by atoms with van der Waals surface area (Å²) in [4.78, 5) is 55.3. The number of carbonyl (C=O) groups excluding carboxylic acids is 4. The van der Waals surface area contributed by atoms with Gasteiger partial charge in [0.15, 0.2) is 0 Å². The van der Waals surface area contributed by atoms with E-state index in [0.717, 1.165) is 15.4 Å². The van der Waals surface area contributed by atoms with E-state index in [4.69, 9.17) is 4.74 Å². The van der Waals surface area contributed by atoms with Crippen molar-refractivity contribution in [3.63, 3.8) is 0 Å². The Hall–Kier alpha value is -4.79. The summed E-state index contributed by atoms with van der Waals surface area (Å²) in [6, 6.07) is 20.8. The number of aliphatic hydroxyl groups is 1. The molecule has 3 N–H and O–H groups in total. The number of imide groups is 1. The first-order chi connectivity index (χ1) is 24.2. The van der Waals surface area contributed by atoms with Crippen molar-refractivity contribution in [1.82, 2.24) is 19.4 Å². The Labute approximate surface area is 299 Å². The van der Waals surface area contributed by atoms with Crippen LogP contribution in [0.5, 0.6) is 5.75 Å². The lowest BCUT2D eigenvalue weighted by Gasteiger charge is -2.34. The molecule has 1 heterocycles. The number of hydrogen-bond donors (Lipinski definition) is 3. The molecule has 0 radical (unpaired) electrons. The molecule has 1 fully saturated rings. The molecule has 14 heteroatoms. The Morgan fingerprint density at radius 2 is 1.51 bits per heavy atom. The van der Waals surface area contributed by atoms with E-state index in [1.807, 2.05) is 44.2 Å². The van der Waals surface area contributed by atoms with Crippen molar-refractivity contribution < 1.29 is 37.4 Å². The van der Waals surface area contributed by atoms with Crippen LogP contribution < -0.4 is 15.4 Å². The van der Waals surface area contributed by atoms with E-state index in [1.54, 1.807) is 56.3 Å². The molecule has 0 aromatic heterocycles. The number of aliphatic hydroxyl groups excluding tert-OH is 1. The number of nitrogens with zero attached hydrogens (tertiary/aromatic N) is 3. The fraction of sp³-hybridized carbons (Fsp3) is 0.405. The van der Waals surface area contributed by atoms with Crippen LogP contribution >= 0.6 is 0 Å². The minimum atomic E-state index is -4.07. The zero-order valence-corrected chi connectivity index (χ0v) is 30.4. The van der Waals surface area contributed by atoms with E-state index in [1.165, 1.54) is 23.5 Å². The molecule has 13 nitrogen and oxygen atoms in total. The van der Waals surface area contributed by atoms with Crippen molar-refractivity contribution in [2.75, 3.05) is 38.6 Å². The molecule has 0 spiro atoms. The van der Waals surface area contributed by atoms with E-state index in [0.29, 0.717) is 11.4 Å². The summed E-state index contributed by atoms with van der Waals surface area (Å²) in [5.41, 5.74) is 1.28. The zero-order valence-electron chi connectivity index (χ0n) is 29.6. The third-order valence-electron chi connectivity index (χ3n) is 8.43. The third kappa shape index (κ3) is 10.1. The average molecular weight is 722 g/mol. The summed E-state index contributed by atoms with van der Waals surface area (Å²) in [6.45, 7) is 6.00. The van der Waals surface area contributed by atoms with Crippen LogP contribution in [-0.4, -0.2) is 103 Å². The van der Waals surface area contributed by atoms with E-state index in [9.17, 15) is 32.7 Å². The number of ether oxygens (including phenoxy) is 1. The number of sulfonamides is 1. The highest BCUT2D eigenvalue weighted by Gasteiger charge is 2.45. The minimum Gasteiger partial charge on any atom is -0.497 e. The number of para-hydroxylation sites is 1. The standard InChI is InChI=1S/C37H47N5O8S/c1-25(2)21-40(51(48,49)30-18-16-29(50-5)17-19-30)22-32(43)31(20-27-12-8-6-9-13-27)39-36(46)35(26(3)4)42-24-34(45)41(37(42)47)23-33(44)38-28-14-10-7-11-15-28/h6-19,25-26,31-32,35,43H,20-24H2,1-5H3,(H,38,44)(H,39,46)/t31-,32-,35-/m0/s1. The summed E-state index contributed by atoms with van der Waals surface area (Å²) in [6.07, 6.45) is -1.22. The van der Waals surface area contributed by atoms with Crippen LogP contribution in [0.15, 0.2) is 89.8 Å². The second-order valence-electron chi connectivity index (χ2n) is 13.3. The van der Waals surface area contributed by atoms with Gasteiger partial charge in [-0.15, -0.1) is 0 Å². The van der Waals surface area contributed by atoms with Crippen LogP contribution in [0.4, 0.5) is 10.5 Å². The summed E-state index contributed by atoms with van der Waals surface area (Å²) in [7, 11) is -2.59. The Morgan fingerprint density at radius 1 is 0.902 bits per heavy atom. The zero-order chi connectivity index (χ0) is 37.3. The van der Waals surface area contributed by atoms with Crippen molar-refractivity contribution in [3.05, 3.63) is 90.5 Å². The molecule has 0 saturated carbocycles. The van der Waals surface area contributed by atoms with Gasteiger partial charge in [-0.05, 0) is 60.2 Å². The Kier molecular flexibility index (Phi) is 13.3. The van der Waals surface area contributed by atoms with Crippen molar-refractivity contribution in [2.24, 2.45) is 11.8 Å². The van der Waals surface area contributed by atoms with Gasteiger partial charge in [0, 0.05) is 18.8 Å². The molecule has 1 aliphatic rings. The monoisotopic (exact) mass is 721 g/mol. The first-order valence-corrected chi connectivity index (χ1v) is 18.3.